The van der Waals surface area contributed by atoms with Gasteiger partial charge in [-0.1, -0.05) is 24.9 Å². The Morgan fingerprint density at radius 2 is 2.44 bits per heavy atom. The molecule has 1 amide bonds. The SMILES string of the molecule is CCC[C@@H]1C[C@H]1C(=O)Nc1cncc(Cl)c1. The summed E-state index contributed by atoms with van der Waals surface area (Å²) in [5, 5.41) is 3.39. The smallest absolute Gasteiger partial charge is 0.227 e. The molecule has 1 aromatic rings. The minimum atomic E-state index is 0.0996. The fourth-order valence-corrected chi connectivity index (χ4v) is 2.15. The summed E-state index contributed by atoms with van der Waals surface area (Å²) in [7, 11) is 0. The van der Waals surface area contributed by atoms with Crippen LogP contribution in [0.3, 0.4) is 0 Å². The van der Waals surface area contributed by atoms with Crippen LogP contribution in [0.5, 0.6) is 0 Å². The van der Waals surface area contributed by atoms with Gasteiger partial charge in [0.05, 0.1) is 16.9 Å². The third-order valence-electron chi connectivity index (χ3n) is 2.89. The molecule has 1 fully saturated rings. The molecule has 0 aromatic carbocycles. The van der Waals surface area contributed by atoms with Crippen molar-refractivity contribution in [1.29, 1.82) is 0 Å². The van der Waals surface area contributed by atoms with Crippen molar-refractivity contribution in [2.45, 2.75) is 26.2 Å². The maximum Gasteiger partial charge on any atom is 0.227 e. The molecule has 0 spiro atoms. The maximum absolute atomic E-state index is 11.8. The molecule has 0 saturated heterocycles. The summed E-state index contributed by atoms with van der Waals surface area (Å²) in [6.45, 7) is 2.15. The van der Waals surface area contributed by atoms with E-state index in [1.54, 1.807) is 18.5 Å². The first-order valence-electron chi connectivity index (χ1n) is 5.62. The van der Waals surface area contributed by atoms with Crippen molar-refractivity contribution in [1.82, 2.24) is 4.98 Å². The molecule has 1 aromatic heterocycles. The van der Waals surface area contributed by atoms with Gasteiger partial charge in [-0.3, -0.25) is 9.78 Å². The Morgan fingerprint density at radius 1 is 1.62 bits per heavy atom. The Hall–Kier alpha value is -1.09. The molecule has 2 atom stereocenters. The third-order valence-corrected chi connectivity index (χ3v) is 3.10. The molecule has 0 radical (unpaired) electrons. The quantitative estimate of drug-likeness (QED) is 0.876. The van der Waals surface area contributed by atoms with Gasteiger partial charge >= 0.3 is 0 Å². The van der Waals surface area contributed by atoms with E-state index in [1.807, 2.05) is 0 Å². The lowest BCUT2D eigenvalue weighted by atomic mass is 10.2. The number of carbonyl (C=O) groups is 1. The molecule has 1 N–H and O–H groups in total. The molecule has 3 nitrogen and oxygen atoms in total. The van der Waals surface area contributed by atoms with Crippen LogP contribution in [0, 0.1) is 11.8 Å². The van der Waals surface area contributed by atoms with Gasteiger partial charge in [0.1, 0.15) is 0 Å². The van der Waals surface area contributed by atoms with Crippen molar-refractivity contribution < 1.29 is 4.79 Å². The van der Waals surface area contributed by atoms with Gasteiger partial charge in [0.2, 0.25) is 5.91 Å². The van der Waals surface area contributed by atoms with Gasteiger partial charge in [-0.15, -0.1) is 0 Å². The van der Waals surface area contributed by atoms with Crippen LogP contribution < -0.4 is 5.32 Å². The number of hydrogen-bond acceptors (Lipinski definition) is 2. The van der Waals surface area contributed by atoms with Crippen molar-refractivity contribution in [2.75, 3.05) is 5.32 Å². The first kappa shape index (κ1) is 11.4. The second-order valence-corrected chi connectivity index (χ2v) is 4.71. The number of hydrogen-bond donors (Lipinski definition) is 1. The van der Waals surface area contributed by atoms with Crippen molar-refractivity contribution in [3.63, 3.8) is 0 Å². The van der Waals surface area contributed by atoms with E-state index in [-0.39, 0.29) is 11.8 Å². The van der Waals surface area contributed by atoms with E-state index in [0.29, 0.717) is 16.6 Å². The molecule has 1 saturated carbocycles. The van der Waals surface area contributed by atoms with Crippen LogP contribution in [0.15, 0.2) is 18.5 Å². The number of rotatable bonds is 4. The molecular weight excluding hydrogens is 224 g/mol. The molecular formula is C12H15ClN2O. The molecule has 1 aliphatic carbocycles. The Morgan fingerprint density at radius 3 is 3.12 bits per heavy atom. The average Bonchev–Trinajstić information content (AvgIpc) is 2.98. The van der Waals surface area contributed by atoms with Crippen molar-refractivity contribution in [3.8, 4) is 0 Å². The summed E-state index contributed by atoms with van der Waals surface area (Å²) in [6.07, 6.45) is 6.47. The largest absolute Gasteiger partial charge is 0.324 e. The highest BCUT2D eigenvalue weighted by Crippen LogP contribution is 2.42. The lowest BCUT2D eigenvalue weighted by molar-refractivity contribution is -0.117. The minimum Gasteiger partial charge on any atom is -0.324 e. The van der Waals surface area contributed by atoms with Crippen molar-refractivity contribution >= 4 is 23.2 Å². The lowest BCUT2D eigenvalue weighted by Crippen LogP contribution is -2.14. The lowest BCUT2D eigenvalue weighted by Gasteiger charge is -2.04. The zero-order valence-electron chi connectivity index (χ0n) is 9.24. The van der Waals surface area contributed by atoms with E-state index in [0.717, 1.165) is 19.3 Å². The predicted molar refractivity (Wildman–Crippen MR) is 64.4 cm³/mol. The van der Waals surface area contributed by atoms with Gasteiger partial charge in [0.15, 0.2) is 0 Å². The first-order chi connectivity index (χ1) is 7.70. The highest BCUT2D eigenvalue weighted by molar-refractivity contribution is 6.30. The third kappa shape index (κ3) is 2.73. The van der Waals surface area contributed by atoms with Crippen molar-refractivity contribution in [2.24, 2.45) is 11.8 Å². The maximum atomic E-state index is 11.8. The van der Waals surface area contributed by atoms with Crippen LogP contribution >= 0.6 is 11.6 Å². The summed E-state index contributed by atoms with van der Waals surface area (Å²) < 4.78 is 0. The Bertz CT molecular complexity index is 394. The van der Waals surface area contributed by atoms with Crippen LogP contribution in [-0.4, -0.2) is 10.9 Å². The van der Waals surface area contributed by atoms with E-state index in [4.69, 9.17) is 11.6 Å². The van der Waals surface area contributed by atoms with Gasteiger partial charge in [-0.25, -0.2) is 0 Å². The second-order valence-electron chi connectivity index (χ2n) is 4.27. The van der Waals surface area contributed by atoms with Crippen LogP contribution in [0.25, 0.3) is 0 Å². The van der Waals surface area contributed by atoms with E-state index in [1.165, 1.54) is 0 Å². The van der Waals surface area contributed by atoms with Gasteiger partial charge in [-0.2, -0.15) is 0 Å². The summed E-state index contributed by atoms with van der Waals surface area (Å²) in [6, 6.07) is 1.71. The molecule has 0 unspecified atom stereocenters. The average molecular weight is 239 g/mol. The predicted octanol–water partition coefficient (Wildman–Crippen LogP) is 3.11. The number of nitrogens with one attached hydrogen (secondary N) is 1. The van der Waals surface area contributed by atoms with E-state index >= 15 is 0 Å². The van der Waals surface area contributed by atoms with E-state index in [9.17, 15) is 4.79 Å². The molecule has 4 heteroatoms. The first-order valence-corrected chi connectivity index (χ1v) is 6.00. The molecule has 86 valence electrons. The second kappa shape index (κ2) is 4.83. The van der Waals surface area contributed by atoms with E-state index < -0.39 is 0 Å². The Labute approximate surface area is 100 Å². The van der Waals surface area contributed by atoms with Gasteiger partial charge in [-0.05, 0) is 24.8 Å². The van der Waals surface area contributed by atoms with Crippen LogP contribution in [-0.2, 0) is 4.79 Å². The van der Waals surface area contributed by atoms with Crippen LogP contribution in [0.2, 0.25) is 5.02 Å². The zero-order valence-corrected chi connectivity index (χ0v) is 10.00. The Balaban J connectivity index is 1.89. The van der Waals surface area contributed by atoms with Gasteiger partial charge in [0.25, 0.3) is 0 Å². The highest BCUT2D eigenvalue weighted by Gasteiger charge is 2.41. The van der Waals surface area contributed by atoms with Gasteiger partial charge < -0.3 is 5.32 Å². The number of amides is 1. The number of carbonyl (C=O) groups excluding carboxylic acids is 1. The van der Waals surface area contributed by atoms with Crippen LogP contribution in [0.1, 0.15) is 26.2 Å². The highest BCUT2D eigenvalue weighted by atomic mass is 35.5. The minimum absolute atomic E-state index is 0.0996. The number of halogens is 1. The molecule has 0 bridgehead atoms. The van der Waals surface area contributed by atoms with Crippen LogP contribution in [0.4, 0.5) is 5.69 Å². The Kier molecular flexibility index (Phi) is 3.44. The molecule has 16 heavy (non-hydrogen) atoms. The molecule has 0 aliphatic heterocycles. The fourth-order valence-electron chi connectivity index (χ4n) is 1.97. The molecule has 2 rings (SSSR count). The topological polar surface area (TPSA) is 42.0 Å². The zero-order chi connectivity index (χ0) is 11.5. The normalized spacial score (nSPS) is 22.9. The standard InChI is InChI=1S/C12H15ClN2O/c1-2-3-8-4-11(8)12(16)15-10-5-9(13)6-14-7-10/h5-8,11H,2-4H2,1H3,(H,15,16)/t8-,11-/m1/s1. The summed E-state index contributed by atoms with van der Waals surface area (Å²) in [5.41, 5.74) is 0.680. The summed E-state index contributed by atoms with van der Waals surface area (Å²) in [4.78, 5) is 15.7. The molecule has 1 heterocycles. The summed E-state index contributed by atoms with van der Waals surface area (Å²) >= 11 is 5.79. The van der Waals surface area contributed by atoms with E-state index in [2.05, 4.69) is 17.2 Å². The number of anilines is 1. The van der Waals surface area contributed by atoms with Gasteiger partial charge in [0, 0.05) is 12.1 Å². The number of aromatic nitrogens is 1. The fraction of sp³-hybridized carbons (Fsp3) is 0.500. The van der Waals surface area contributed by atoms with Crippen molar-refractivity contribution in [3.05, 3.63) is 23.5 Å². The monoisotopic (exact) mass is 238 g/mol. The molecule has 1 aliphatic rings. The number of nitrogens with zero attached hydrogens (tertiary/aromatic N) is 1. The number of pyridine rings is 1. The summed E-state index contributed by atoms with van der Waals surface area (Å²) in [5.74, 6) is 0.874.